The summed E-state index contributed by atoms with van der Waals surface area (Å²) in [5, 5.41) is 6.19. The second-order valence-electron chi connectivity index (χ2n) is 8.00. The van der Waals surface area contributed by atoms with Gasteiger partial charge in [-0.25, -0.2) is 19.3 Å². The first-order valence-corrected chi connectivity index (χ1v) is 10.4. The van der Waals surface area contributed by atoms with E-state index in [1.165, 1.54) is 0 Å². The molecule has 31 heavy (non-hydrogen) atoms. The number of hydrogen-bond donors (Lipinski definition) is 4. The Bertz CT molecular complexity index is 1150. The first kappa shape index (κ1) is 20.9. The minimum atomic E-state index is -0.776. The van der Waals surface area contributed by atoms with Crippen molar-refractivity contribution in [1.82, 2.24) is 15.0 Å². The largest absolute Gasteiger partial charge is 0.365 e. The predicted octanol–water partition coefficient (Wildman–Crippen LogP) is 3.31. The Labute approximate surface area is 179 Å². The number of anilines is 3. The van der Waals surface area contributed by atoms with E-state index >= 15 is 0 Å². The highest BCUT2D eigenvalue weighted by Gasteiger charge is 2.24. The van der Waals surface area contributed by atoms with Crippen LogP contribution in [0.1, 0.15) is 47.4 Å². The molecule has 9 heteroatoms. The third kappa shape index (κ3) is 4.41. The summed E-state index contributed by atoms with van der Waals surface area (Å²) in [6, 6.07) is 6.37. The normalized spacial score (nSPS) is 18.7. The van der Waals surface area contributed by atoms with E-state index in [0.29, 0.717) is 11.2 Å². The van der Waals surface area contributed by atoms with E-state index in [9.17, 15) is 9.18 Å². The van der Waals surface area contributed by atoms with Gasteiger partial charge in [0.1, 0.15) is 5.82 Å². The van der Waals surface area contributed by atoms with Crippen molar-refractivity contribution in [3.63, 3.8) is 0 Å². The van der Waals surface area contributed by atoms with Gasteiger partial charge in [-0.3, -0.25) is 4.79 Å². The minimum absolute atomic E-state index is 0.0396. The van der Waals surface area contributed by atoms with E-state index in [2.05, 4.69) is 25.6 Å². The number of pyridine rings is 1. The molecule has 2 aromatic heterocycles. The van der Waals surface area contributed by atoms with Crippen molar-refractivity contribution < 1.29 is 9.18 Å². The zero-order valence-electron chi connectivity index (χ0n) is 17.6. The molecule has 0 aliphatic heterocycles. The molecule has 1 fully saturated rings. The third-order valence-electron chi connectivity index (χ3n) is 5.72. The molecule has 0 bridgehead atoms. The number of carbonyl (C=O) groups is 1. The first-order chi connectivity index (χ1) is 14.8. The van der Waals surface area contributed by atoms with Gasteiger partial charge in [0.25, 0.3) is 5.91 Å². The van der Waals surface area contributed by atoms with Crippen molar-refractivity contribution in [1.29, 1.82) is 0 Å². The van der Waals surface area contributed by atoms with Gasteiger partial charge in [0.05, 0.1) is 28.0 Å². The molecule has 1 aliphatic rings. The molecule has 1 aromatic carbocycles. The van der Waals surface area contributed by atoms with Crippen LogP contribution in [0.15, 0.2) is 24.3 Å². The summed E-state index contributed by atoms with van der Waals surface area (Å²) in [7, 11) is 0. The molecule has 1 saturated carbocycles. The SMILES string of the molecule is Cc1nc2ccc(Nc3nc(N[C@@H]4CCCC[C@@H]4N)c(F)cc3C(N)=O)cc2nc1C. The fraction of sp³-hybridized carbons (Fsp3) is 0.364. The van der Waals surface area contributed by atoms with E-state index in [4.69, 9.17) is 11.5 Å². The molecule has 0 unspecified atom stereocenters. The van der Waals surface area contributed by atoms with Crippen LogP contribution in [0.5, 0.6) is 0 Å². The van der Waals surface area contributed by atoms with Gasteiger partial charge < -0.3 is 22.1 Å². The molecule has 8 nitrogen and oxygen atoms in total. The third-order valence-corrected chi connectivity index (χ3v) is 5.72. The smallest absolute Gasteiger partial charge is 0.252 e. The Morgan fingerprint density at radius 3 is 2.45 bits per heavy atom. The van der Waals surface area contributed by atoms with Gasteiger partial charge in [-0.15, -0.1) is 0 Å². The van der Waals surface area contributed by atoms with Crippen molar-refractivity contribution in [3.05, 3.63) is 47.0 Å². The molecule has 0 radical (unpaired) electrons. The summed E-state index contributed by atoms with van der Waals surface area (Å²) in [6.07, 6.45) is 3.80. The van der Waals surface area contributed by atoms with Crippen LogP contribution in [0.25, 0.3) is 11.0 Å². The molecule has 1 amide bonds. The Kier molecular flexibility index (Phi) is 5.69. The van der Waals surface area contributed by atoms with E-state index in [0.717, 1.165) is 48.7 Å². The maximum Gasteiger partial charge on any atom is 0.252 e. The van der Waals surface area contributed by atoms with E-state index in [-0.39, 0.29) is 29.3 Å². The number of nitrogens with one attached hydrogen (secondary N) is 2. The summed E-state index contributed by atoms with van der Waals surface area (Å²) >= 11 is 0. The monoisotopic (exact) mass is 423 g/mol. The Balaban J connectivity index is 1.68. The molecule has 1 aliphatic carbocycles. The Morgan fingerprint density at radius 1 is 1.03 bits per heavy atom. The lowest BCUT2D eigenvalue weighted by molar-refractivity contribution is 0.100. The number of fused-ring (bicyclic) bond motifs is 1. The highest BCUT2D eigenvalue weighted by Crippen LogP contribution is 2.27. The van der Waals surface area contributed by atoms with Crippen molar-refractivity contribution in [2.45, 2.75) is 51.6 Å². The number of hydrogen-bond acceptors (Lipinski definition) is 7. The highest BCUT2D eigenvalue weighted by molar-refractivity contribution is 5.98. The molecule has 2 atom stereocenters. The number of halogens is 1. The van der Waals surface area contributed by atoms with Crippen molar-refractivity contribution in [3.8, 4) is 0 Å². The lowest BCUT2D eigenvalue weighted by Gasteiger charge is -2.30. The van der Waals surface area contributed by atoms with Gasteiger partial charge in [0, 0.05) is 17.8 Å². The fourth-order valence-electron chi connectivity index (χ4n) is 3.83. The summed E-state index contributed by atoms with van der Waals surface area (Å²) < 4.78 is 14.7. The fourth-order valence-corrected chi connectivity index (χ4v) is 3.83. The standard InChI is InChI=1S/C22H26FN7O/c1-11-12(2)27-19-9-13(7-8-18(19)26-11)28-21-14(20(25)31)10-15(23)22(30-21)29-17-6-4-3-5-16(17)24/h7-10,16-17H,3-6,24H2,1-2H3,(H2,25,31)(H2,28,29,30)/t16-,17+/m0/s1. The van der Waals surface area contributed by atoms with Gasteiger partial charge in [0.15, 0.2) is 11.6 Å². The van der Waals surface area contributed by atoms with Gasteiger partial charge in [-0.05, 0) is 51.0 Å². The maximum atomic E-state index is 14.7. The van der Waals surface area contributed by atoms with Crippen LogP contribution in [0.2, 0.25) is 0 Å². The van der Waals surface area contributed by atoms with Gasteiger partial charge >= 0.3 is 0 Å². The minimum Gasteiger partial charge on any atom is -0.365 e. The number of nitrogens with two attached hydrogens (primary N) is 2. The number of aryl methyl sites for hydroxylation is 2. The molecule has 0 saturated heterocycles. The van der Waals surface area contributed by atoms with Crippen molar-refractivity contribution in [2.75, 3.05) is 10.6 Å². The molecule has 3 aromatic rings. The predicted molar refractivity (Wildman–Crippen MR) is 119 cm³/mol. The molecule has 2 heterocycles. The second-order valence-corrected chi connectivity index (χ2v) is 8.00. The average molecular weight is 423 g/mol. The summed E-state index contributed by atoms with van der Waals surface area (Å²) in [5.74, 6) is -1.21. The van der Waals surface area contributed by atoms with Crippen LogP contribution in [0.3, 0.4) is 0 Å². The summed E-state index contributed by atoms with van der Waals surface area (Å²) in [6.45, 7) is 3.80. The molecule has 6 N–H and O–H groups in total. The molecule has 0 spiro atoms. The van der Waals surface area contributed by atoms with E-state index in [1.807, 2.05) is 19.9 Å². The zero-order valence-corrected chi connectivity index (χ0v) is 17.6. The zero-order chi connectivity index (χ0) is 22.1. The van der Waals surface area contributed by atoms with Crippen LogP contribution in [-0.2, 0) is 0 Å². The topological polar surface area (TPSA) is 132 Å². The summed E-state index contributed by atoms with van der Waals surface area (Å²) in [4.78, 5) is 25.3. The van der Waals surface area contributed by atoms with Crippen molar-refractivity contribution in [2.24, 2.45) is 11.5 Å². The molecule has 4 rings (SSSR count). The lowest BCUT2D eigenvalue weighted by atomic mass is 9.91. The number of aromatic nitrogens is 3. The average Bonchev–Trinajstić information content (AvgIpc) is 2.72. The summed E-state index contributed by atoms with van der Waals surface area (Å²) in [5.41, 5.74) is 15.4. The number of carbonyl (C=O) groups excluding carboxylic acids is 1. The number of benzene rings is 1. The van der Waals surface area contributed by atoms with Crippen LogP contribution in [-0.4, -0.2) is 32.9 Å². The molecule has 162 valence electrons. The second kappa shape index (κ2) is 8.43. The van der Waals surface area contributed by atoms with Gasteiger partial charge in [0.2, 0.25) is 0 Å². The van der Waals surface area contributed by atoms with Gasteiger partial charge in [-0.1, -0.05) is 12.8 Å². The van der Waals surface area contributed by atoms with Gasteiger partial charge in [-0.2, -0.15) is 0 Å². The van der Waals surface area contributed by atoms with Crippen molar-refractivity contribution >= 4 is 34.3 Å². The number of primary amides is 1. The Hall–Kier alpha value is -3.33. The molecular weight excluding hydrogens is 397 g/mol. The van der Waals surface area contributed by atoms with Crippen LogP contribution >= 0.6 is 0 Å². The highest BCUT2D eigenvalue weighted by atomic mass is 19.1. The number of amides is 1. The maximum absolute atomic E-state index is 14.7. The first-order valence-electron chi connectivity index (χ1n) is 10.4. The quantitative estimate of drug-likeness (QED) is 0.495. The number of rotatable bonds is 5. The Morgan fingerprint density at radius 2 is 1.74 bits per heavy atom. The molecular formula is C22H26FN7O. The lowest BCUT2D eigenvalue weighted by Crippen LogP contribution is -2.43. The van der Waals surface area contributed by atoms with Crippen LogP contribution in [0.4, 0.5) is 21.7 Å². The van der Waals surface area contributed by atoms with E-state index in [1.54, 1.807) is 12.1 Å². The van der Waals surface area contributed by atoms with E-state index < -0.39 is 11.7 Å². The van der Waals surface area contributed by atoms with Crippen LogP contribution < -0.4 is 22.1 Å². The van der Waals surface area contributed by atoms with Crippen LogP contribution in [0, 0.1) is 19.7 Å². The number of nitrogens with zero attached hydrogens (tertiary/aromatic N) is 3.